The Morgan fingerprint density at radius 2 is 1.81 bits per heavy atom. The zero-order chi connectivity index (χ0) is 20.0. The van der Waals surface area contributed by atoms with Crippen LogP contribution in [0.3, 0.4) is 0 Å². The fraction of sp³-hybridized carbons (Fsp3) is 0.632. The molecule has 1 aromatic rings. The SMILES string of the molecule is Cc1ccc(N(CC(=O)NCCCN2CCN(C)CC2)S(C)(=O)=O)cc1C. The largest absolute Gasteiger partial charge is 0.354 e. The molecule has 0 saturated carbocycles. The molecule has 152 valence electrons. The van der Waals surface area contributed by atoms with Gasteiger partial charge in [-0.25, -0.2) is 8.42 Å². The molecule has 2 rings (SSSR count). The summed E-state index contributed by atoms with van der Waals surface area (Å²) in [4.78, 5) is 17.0. The smallest absolute Gasteiger partial charge is 0.240 e. The second-order valence-corrected chi connectivity index (χ2v) is 9.29. The third-order valence-electron chi connectivity index (χ3n) is 5.04. The Bertz CT molecular complexity index is 743. The zero-order valence-electron chi connectivity index (χ0n) is 16.9. The summed E-state index contributed by atoms with van der Waals surface area (Å²) in [5.74, 6) is -0.281. The molecule has 1 aliphatic heterocycles. The van der Waals surface area contributed by atoms with Crippen molar-refractivity contribution in [2.24, 2.45) is 0 Å². The first-order chi connectivity index (χ1) is 12.7. The van der Waals surface area contributed by atoms with Gasteiger partial charge in [0.05, 0.1) is 11.9 Å². The number of anilines is 1. The van der Waals surface area contributed by atoms with E-state index in [9.17, 15) is 13.2 Å². The highest BCUT2D eigenvalue weighted by molar-refractivity contribution is 7.92. The molecule has 0 aromatic heterocycles. The molecule has 0 spiro atoms. The van der Waals surface area contributed by atoms with Crippen molar-refractivity contribution in [3.8, 4) is 0 Å². The number of aryl methyl sites for hydroxylation is 2. The van der Waals surface area contributed by atoms with E-state index in [1.165, 1.54) is 0 Å². The van der Waals surface area contributed by atoms with Gasteiger partial charge in [-0.05, 0) is 57.1 Å². The summed E-state index contributed by atoms with van der Waals surface area (Å²) in [7, 11) is -1.41. The minimum Gasteiger partial charge on any atom is -0.354 e. The third kappa shape index (κ3) is 6.79. The van der Waals surface area contributed by atoms with Crippen molar-refractivity contribution >= 4 is 21.6 Å². The van der Waals surface area contributed by atoms with Crippen LogP contribution in [0.15, 0.2) is 18.2 Å². The van der Waals surface area contributed by atoms with Crippen LogP contribution < -0.4 is 9.62 Å². The monoisotopic (exact) mass is 396 g/mol. The fourth-order valence-electron chi connectivity index (χ4n) is 3.07. The number of likely N-dealkylation sites (N-methyl/N-ethyl adjacent to an activating group) is 1. The molecule has 1 heterocycles. The summed E-state index contributed by atoms with van der Waals surface area (Å²) in [5.41, 5.74) is 2.60. The lowest BCUT2D eigenvalue weighted by molar-refractivity contribution is -0.119. The maximum atomic E-state index is 12.3. The van der Waals surface area contributed by atoms with Gasteiger partial charge < -0.3 is 15.1 Å². The van der Waals surface area contributed by atoms with Crippen LogP contribution in [-0.2, 0) is 14.8 Å². The maximum Gasteiger partial charge on any atom is 0.240 e. The molecule has 0 atom stereocenters. The van der Waals surface area contributed by atoms with Crippen molar-refractivity contribution < 1.29 is 13.2 Å². The molecular formula is C19H32N4O3S. The highest BCUT2D eigenvalue weighted by Gasteiger charge is 2.21. The lowest BCUT2D eigenvalue weighted by atomic mass is 10.1. The molecule has 1 amide bonds. The van der Waals surface area contributed by atoms with Gasteiger partial charge in [0.15, 0.2) is 0 Å². The molecule has 0 unspecified atom stereocenters. The quantitative estimate of drug-likeness (QED) is 0.659. The van der Waals surface area contributed by atoms with Gasteiger partial charge in [-0.15, -0.1) is 0 Å². The van der Waals surface area contributed by atoms with E-state index in [-0.39, 0.29) is 12.5 Å². The van der Waals surface area contributed by atoms with Crippen molar-refractivity contribution in [3.63, 3.8) is 0 Å². The Morgan fingerprint density at radius 1 is 1.15 bits per heavy atom. The van der Waals surface area contributed by atoms with Crippen LogP contribution in [0, 0.1) is 13.8 Å². The van der Waals surface area contributed by atoms with Gasteiger partial charge in [-0.2, -0.15) is 0 Å². The van der Waals surface area contributed by atoms with E-state index in [1.807, 2.05) is 19.9 Å². The molecule has 1 fully saturated rings. The number of sulfonamides is 1. The van der Waals surface area contributed by atoms with Crippen LogP contribution in [0.5, 0.6) is 0 Å². The topological polar surface area (TPSA) is 73.0 Å². The highest BCUT2D eigenvalue weighted by atomic mass is 32.2. The van der Waals surface area contributed by atoms with E-state index in [0.717, 1.165) is 60.8 Å². The number of carbonyl (C=O) groups excluding carboxylic acids is 1. The summed E-state index contributed by atoms with van der Waals surface area (Å²) in [6, 6.07) is 5.41. The van der Waals surface area contributed by atoms with Crippen LogP contribution >= 0.6 is 0 Å². The normalized spacial score (nSPS) is 16.3. The molecule has 0 bridgehead atoms. The van der Waals surface area contributed by atoms with E-state index < -0.39 is 10.0 Å². The van der Waals surface area contributed by atoms with Crippen molar-refractivity contribution in [3.05, 3.63) is 29.3 Å². The number of benzene rings is 1. The fourth-order valence-corrected chi connectivity index (χ4v) is 3.92. The third-order valence-corrected chi connectivity index (χ3v) is 6.18. The summed E-state index contributed by atoms with van der Waals surface area (Å²) >= 11 is 0. The number of hydrogen-bond acceptors (Lipinski definition) is 5. The summed E-state index contributed by atoms with van der Waals surface area (Å²) in [6.07, 6.45) is 1.99. The Morgan fingerprint density at radius 3 is 2.41 bits per heavy atom. The summed E-state index contributed by atoms with van der Waals surface area (Å²) < 4.78 is 25.5. The van der Waals surface area contributed by atoms with Gasteiger partial charge in [0, 0.05) is 32.7 Å². The van der Waals surface area contributed by atoms with Crippen molar-refractivity contribution in [2.45, 2.75) is 20.3 Å². The Kier molecular flexibility index (Phi) is 7.64. The predicted octanol–water partition coefficient (Wildman–Crippen LogP) is 0.823. The molecule has 27 heavy (non-hydrogen) atoms. The summed E-state index contributed by atoms with van der Waals surface area (Å²) in [6.45, 7) is 9.46. The van der Waals surface area contributed by atoms with Crippen molar-refractivity contribution in [1.82, 2.24) is 15.1 Å². The zero-order valence-corrected chi connectivity index (χ0v) is 17.7. The van der Waals surface area contributed by atoms with Crippen LogP contribution in [0.2, 0.25) is 0 Å². The lowest BCUT2D eigenvalue weighted by Crippen LogP contribution is -2.45. The minimum absolute atomic E-state index is 0.199. The lowest BCUT2D eigenvalue weighted by Gasteiger charge is -2.32. The molecule has 1 N–H and O–H groups in total. The molecule has 7 nitrogen and oxygen atoms in total. The number of amides is 1. The molecule has 0 aliphatic carbocycles. The standard InChI is InChI=1S/C19H32N4O3S/c1-16-6-7-18(14-17(16)2)23(27(4,25)26)15-19(24)20-8-5-9-22-12-10-21(3)11-13-22/h6-7,14H,5,8-13,15H2,1-4H3,(H,20,24). The van der Waals surface area contributed by atoms with Crippen LogP contribution in [0.4, 0.5) is 5.69 Å². The van der Waals surface area contributed by atoms with Gasteiger partial charge in [-0.1, -0.05) is 6.07 Å². The van der Waals surface area contributed by atoms with E-state index >= 15 is 0 Å². The predicted molar refractivity (Wildman–Crippen MR) is 110 cm³/mol. The molecule has 8 heteroatoms. The van der Waals surface area contributed by atoms with Crippen LogP contribution in [-0.4, -0.2) is 83.2 Å². The molecular weight excluding hydrogens is 364 g/mol. The molecule has 1 aliphatic rings. The second-order valence-electron chi connectivity index (χ2n) is 7.39. The van der Waals surface area contributed by atoms with E-state index in [1.54, 1.807) is 12.1 Å². The van der Waals surface area contributed by atoms with E-state index in [2.05, 4.69) is 22.2 Å². The number of carbonyl (C=O) groups is 1. The van der Waals surface area contributed by atoms with Crippen molar-refractivity contribution in [1.29, 1.82) is 0 Å². The first-order valence-corrected chi connectivity index (χ1v) is 11.2. The Balaban J connectivity index is 1.84. The van der Waals surface area contributed by atoms with E-state index in [0.29, 0.717) is 12.2 Å². The first-order valence-electron chi connectivity index (χ1n) is 9.39. The van der Waals surface area contributed by atoms with Crippen LogP contribution in [0.25, 0.3) is 0 Å². The number of hydrogen-bond donors (Lipinski definition) is 1. The Labute approximate surface area is 163 Å². The average molecular weight is 397 g/mol. The number of nitrogens with zero attached hydrogens (tertiary/aromatic N) is 3. The first kappa shape index (κ1) is 21.7. The molecule has 1 saturated heterocycles. The van der Waals surface area contributed by atoms with Gasteiger partial charge in [-0.3, -0.25) is 9.10 Å². The average Bonchev–Trinajstić information content (AvgIpc) is 2.60. The van der Waals surface area contributed by atoms with Gasteiger partial charge in [0.25, 0.3) is 0 Å². The number of nitrogens with one attached hydrogen (secondary N) is 1. The number of piperazine rings is 1. The van der Waals surface area contributed by atoms with E-state index in [4.69, 9.17) is 0 Å². The maximum absolute atomic E-state index is 12.3. The molecule has 0 radical (unpaired) electrons. The van der Waals surface area contributed by atoms with Gasteiger partial charge in [0.1, 0.15) is 6.54 Å². The number of rotatable bonds is 8. The second kappa shape index (κ2) is 9.52. The van der Waals surface area contributed by atoms with Gasteiger partial charge in [0.2, 0.25) is 15.9 Å². The van der Waals surface area contributed by atoms with Crippen LogP contribution in [0.1, 0.15) is 17.5 Å². The van der Waals surface area contributed by atoms with Gasteiger partial charge >= 0.3 is 0 Å². The highest BCUT2D eigenvalue weighted by Crippen LogP contribution is 2.20. The Hall–Kier alpha value is -1.64. The molecule has 1 aromatic carbocycles. The minimum atomic E-state index is -3.54. The summed E-state index contributed by atoms with van der Waals surface area (Å²) in [5, 5.41) is 2.85. The van der Waals surface area contributed by atoms with Crippen molar-refractivity contribution in [2.75, 3.05) is 63.4 Å².